The Morgan fingerprint density at radius 2 is 2.00 bits per heavy atom. The lowest BCUT2D eigenvalue weighted by atomic mass is 9.99. The lowest BCUT2D eigenvalue weighted by molar-refractivity contribution is 0.0692. The minimum Gasteiger partial charge on any atom is -0.611 e. The lowest BCUT2D eigenvalue weighted by Crippen LogP contribution is -2.22. The highest BCUT2D eigenvalue weighted by molar-refractivity contribution is 7.90. The Balaban J connectivity index is 1.95. The summed E-state index contributed by atoms with van der Waals surface area (Å²) in [6, 6.07) is 9.14. The maximum absolute atomic E-state index is 14.0. The predicted octanol–water partition coefficient (Wildman–Crippen LogP) is 5.46. The van der Waals surface area contributed by atoms with E-state index in [1.54, 1.807) is 24.3 Å². The van der Waals surface area contributed by atoms with E-state index in [0.29, 0.717) is 33.7 Å². The van der Waals surface area contributed by atoms with Crippen LogP contribution in [0.15, 0.2) is 64.3 Å². The van der Waals surface area contributed by atoms with Crippen LogP contribution >= 0.6 is 0 Å². The number of benzene rings is 2. The fraction of sp³-hybridized carbons (Fsp3) is 0.269. The number of carboxylic acids is 1. The van der Waals surface area contributed by atoms with Crippen molar-refractivity contribution in [2.75, 3.05) is 26.7 Å². The van der Waals surface area contributed by atoms with Gasteiger partial charge in [0.25, 0.3) is 0 Å². The Morgan fingerprint density at radius 3 is 2.62 bits per heavy atom. The molecule has 1 heterocycles. The average Bonchev–Trinajstić information content (AvgIpc) is 3.36. The van der Waals surface area contributed by atoms with Gasteiger partial charge in [0, 0.05) is 28.8 Å². The number of carbonyl (C=O) groups is 1. The first-order chi connectivity index (χ1) is 16.4. The van der Waals surface area contributed by atoms with Crippen LogP contribution in [0.25, 0.3) is 17.2 Å². The molecule has 0 aliphatic rings. The van der Waals surface area contributed by atoms with Crippen molar-refractivity contribution in [3.63, 3.8) is 0 Å². The molecule has 3 rings (SSSR count). The van der Waals surface area contributed by atoms with E-state index in [1.807, 2.05) is 6.08 Å². The van der Waals surface area contributed by atoms with Gasteiger partial charge in [0.1, 0.15) is 22.9 Å². The van der Waals surface area contributed by atoms with Crippen molar-refractivity contribution >= 4 is 23.2 Å². The normalized spacial score (nSPS) is 12.4. The van der Waals surface area contributed by atoms with Crippen molar-refractivity contribution in [1.82, 2.24) is 4.90 Å². The molecule has 1 unspecified atom stereocenters. The average molecular weight is 486 g/mol. The van der Waals surface area contributed by atoms with Gasteiger partial charge in [0.15, 0.2) is 4.90 Å². The first-order valence-corrected chi connectivity index (χ1v) is 12.2. The van der Waals surface area contributed by atoms with E-state index in [4.69, 9.17) is 9.15 Å². The highest BCUT2D eigenvalue weighted by Crippen LogP contribution is 2.37. The number of ether oxygens (including phenoxy) is 1. The zero-order valence-electron chi connectivity index (χ0n) is 19.4. The summed E-state index contributed by atoms with van der Waals surface area (Å²) in [6.45, 7) is 6.58. The number of carboxylic acid groups (broad SMARTS) is 1. The molecule has 1 aromatic heterocycles. The third-order valence-electron chi connectivity index (χ3n) is 5.55. The van der Waals surface area contributed by atoms with Crippen molar-refractivity contribution in [3.05, 3.63) is 77.5 Å². The molecule has 0 aliphatic carbocycles. The Bertz CT molecular complexity index is 1140. The van der Waals surface area contributed by atoms with Crippen molar-refractivity contribution < 1.29 is 28.0 Å². The number of nitrogens with zero attached hydrogens (tertiary/aromatic N) is 1. The number of halogens is 1. The zero-order valence-corrected chi connectivity index (χ0v) is 20.2. The highest BCUT2D eigenvalue weighted by Gasteiger charge is 2.26. The summed E-state index contributed by atoms with van der Waals surface area (Å²) in [4.78, 5) is 14.8. The summed E-state index contributed by atoms with van der Waals surface area (Å²) in [5.74, 6) is -1.51. The molecule has 180 valence electrons. The fourth-order valence-corrected chi connectivity index (χ4v) is 5.01. The highest BCUT2D eigenvalue weighted by atomic mass is 32.2. The molecule has 0 radical (unpaired) electrons. The first kappa shape index (κ1) is 25.6. The van der Waals surface area contributed by atoms with E-state index in [9.17, 15) is 18.8 Å². The Hall–Kier alpha value is -3.07. The second kappa shape index (κ2) is 11.9. The summed E-state index contributed by atoms with van der Waals surface area (Å²) < 4.78 is 37.8. The predicted molar refractivity (Wildman–Crippen MR) is 131 cm³/mol. The van der Waals surface area contributed by atoms with Gasteiger partial charge >= 0.3 is 5.97 Å². The first-order valence-electron chi connectivity index (χ1n) is 10.9. The molecule has 0 saturated carbocycles. The van der Waals surface area contributed by atoms with Gasteiger partial charge < -0.3 is 23.7 Å². The SMILES string of the molecule is CCN(CC)C/C=C\c1cc(F)ccc1[S+]([O-])Cc1ccc(-c2ccoc2)c(OC)c1C(=O)O. The maximum atomic E-state index is 14.0. The summed E-state index contributed by atoms with van der Waals surface area (Å²) in [6.07, 6.45) is 6.65. The molecule has 2 aromatic carbocycles. The topological polar surface area (TPSA) is 86.0 Å². The van der Waals surface area contributed by atoms with E-state index < -0.39 is 23.0 Å². The van der Waals surface area contributed by atoms with Crippen LogP contribution in [0.4, 0.5) is 4.39 Å². The molecular formula is C26H28FNO5S. The van der Waals surface area contributed by atoms with Crippen LogP contribution in [0.2, 0.25) is 0 Å². The number of methoxy groups -OCH3 is 1. The van der Waals surface area contributed by atoms with Crippen LogP contribution in [0.1, 0.15) is 35.3 Å². The van der Waals surface area contributed by atoms with Crippen LogP contribution in [-0.2, 0) is 16.9 Å². The van der Waals surface area contributed by atoms with Gasteiger partial charge in [-0.2, -0.15) is 0 Å². The van der Waals surface area contributed by atoms with Gasteiger partial charge in [-0.1, -0.05) is 38.1 Å². The van der Waals surface area contributed by atoms with E-state index in [1.165, 1.54) is 37.8 Å². The monoisotopic (exact) mass is 485 g/mol. The Morgan fingerprint density at radius 1 is 1.24 bits per heavy atom. The molecule has 0 bridgehead atoms. The van der Waals surface area contributed by atoms with Crippen LogP contribution < -0.4 is 4.74 Å². The summed E-state index contributed by atoms with van der Waals surface area (Å²) in [5, 5.41) is 9.92. The zero-order chi connectivity index (χ0) is 24.7. The quantitative estimate of drug-likeness (QED) is 0.363. The molecule has 0 amide bonds. The number of likely N-dealkylation sites (N-methyl/N-ethyl adjacent to an activating group) is 1. The Labute approximate surface area is 201 Å². The van der Waals surface area contributed by atoms with Gasteiger partial charge in [-0.05, 0) is 48.5 Å². The van der Waals surface area contributed by atoms with Gasteiger partial charge in [0.2, 0.25) is 0 Å². The molecule has 1 N–H and O–H groups in total. The van der Waals surface area contributed by atoms with Gasteiger partial charge in [-0.25, -0.2) is 9.18 Å². The molecule has 3 aromatic rings. The number of aromatic carboxylic acids is 1. The van der Waals surface area contributed by atoms with Crippen LogP contribution in [0, 0.1) is 5.82 Å². The van der Waals surface area contributed by atoms with Crippen molar-refractivity contribution in [2.45, 2.75) is 24.5 Å². The third kappa shape index (κ3) is 5.88. The van der Waals surface area contributed by atoms with E-state index in [0.717, 1.165) is 13.1 Å². The number of hydrogen-bond donors (Lipinski definition) is 1. The molecule has 0 aliphatic heterocycles. The van der Waals surface area contributed by atoms with Crippen molar-refractivity contribution in [2.24, 2.45) is 0 Å². The molecule has 0 saturated heterocycles. The minimum absolute atomic E-state index is 0.0599. The maximum Gasteiger partial charge on any atom is 0.339 e. The molecule has 34 heavy (non-hydrogen) atoms. The number of furan rings is 1. The van der Waals surface area contributed by atoms with Gasteiger partial charge in [0.05, 0.1) is 19.6 Å². The van der Waals surface area contributed by atoms with E-state index in [2.05, 4.69) is 18.7 Å². The van der Waals surface area contributed by atoms with E-state index in [-0.39, 0.29) is 17.1 Å². The molecule has 0 fully saturated rings. The van der Waals surface area contributed by atoms with Gasteiger partial charge in [-0.15, -0.1) is 0 Å². The van der Waals surface area contributed by atoms with Crippen molar-refractivity contribution in [3.8, 4) is 16.9 Å². The standard InChI is InChI=1S/C26H28FNO5S/c1-4-28(5-2)13-6-7-18-15-21(27)9-11-23(18)34(31)17-20-8-10-22(19-12-14-33-16-19)25(32-3)24(20)26(29)30/h6-12,14-16H,4-5,13,17H2,1-3H3,(H,29,30)/b7-6-. The lowest BCUT2D eigenvalue weighted by Gasteiger charge is -2.18. The third-order valence-corrected chi connectivity index (χ3v) is 6.99. The fourth-order valence-electron chi connectivity index (χ4n) is 3.72. The minimum atomic E-state index is -1.62. The Kier molecular flexibility index (Phi) is 8.92. The van der Waals surface area contributed by atoms with Gasteiger partial charge in [-0.3, -0.25) is 0 Å². The molecule has 6 nitrogen and oxygen atoms in total. The summed E-state index contributed by atoms with van der Waals surface area (Å²) >= 11 is -1.62. The van der Waals surface area contributed by atoms with Crippen molar-refractivity contribution in [1.29, 1.82) is 0 Å². The van der Waals surface area contributed by atoms with Crippen LogP contribution in [-0.4, -0.2) is 47.3 Å². The van der Waals surface area contributed by atoms with Crippen LogP contribution in [0.3, 0.4) is 0 Å². The molecular weight excluding hydrogens is 457 g/mol. The molecule has 8 heteroatoms. The summed E-state index contributed by atoms with van der Waals surface area (Å²) in [5.41, 5.74) is 2.04. The smallest absolute Gasteiger partial charge is 0.339 e. The second-order valence-electron chi connectivity index (χ2n) is 7.56. The number of hydrogen-bond acceptors (Lipinski definition) is 5. The van der Waals surface area contributed by atoms with Crippen LogP contribution in [0.5, 0.6) is 5.75 Å². The molecule has 1 atom stereocenters. The summed E-state index contributed by atoms with van der Waals surface area (Å²) in [7, 11) is 1.39. The second-order valence-corrected chi connectivity index (χ2v) is 8.98. The largest absolute Gasteiger partial charge is 0.611 e. The number of rotatable bonds is 11. The molecule has 0 spiro atoms. The van der Waals surface area contributed by atoms with E-state index >= 15 is 0 Å².